The van der Waals surface area contributed by atoms with Crippen molar-refractivity contribution in [3.63, 3.8) is 0 Å². The summed E-state index contributed by atoms with van der Waals surface area (Å²) in [5.74, 6) is -0.595. The van der Waals surface area contributed by atoms with E-state index in [4.69, 9.17) is 9.47 Å². The fourth-order valence-corrected chi connectivity index (χ4v) is 6.04. The quantitative estimate of drug-likeness (QED) is 0.0397. The molecular formula is C44H80O5. The lowest BCUT2D eigenvalue weighted by Gasteiger charge is -2.15. The summed E-state index contributed by atoms with van der Waals surface area (Å²) in [6.07, 6.45) is 49.2. The number of allylic oxidation sites excluding steroid dienone is 6. The summed E-state index contributed by atoms with van der Waals surface area (Å²) in [4.78, 5) is 24.3. The molecule has 0 bridgehead atoms. The lowest BCUT2D eigenvalue weighted by molar-refractivity contribution is -0.161. The highest BCUT2D eigenvalue weighted by Crippen LogP contribution is 2.15. The highest BCUT2D eigenvalue weighted by Gasteiger charge is 2.16. The lowest BCUT2D eigenvalue weighted by atomic mass is 10.0. The fourth-order valence-electron chi connectivity index (χ4n) is 6.04. The van der Waals surface area contributed by atoms with Crippen LogP contribution in [0.3, 0.4) is 0 Å². The van der Waals surface area contributed by atoms with Crippen molar-refractivity contribution >= 4 is 11.9 Å². The van der Waals surface area contributed by atoms with Crippen LogP contribution in [0.5, 0.6) is 0 Å². The van der Waals surface area contributed by atoms with Crippen molar-refractivity contribution in [3.8, 4) is 0 Å². The van der Waals surface area contributed by atoms with Gasteiger partial charge in [-0.05, 0) is 44.9 Å². The molecule has 0 aromatic rings. The molecule has 286 valence electrons. The minimum Gasteiger partial charge on any atom is -0.462 e. The summed E-state index contributed by atoms with van der Waals surface area (Å²) < 4.78 is 10.6. The summed E-state index contributed by atoms with van der Waals surface area (Å²) >= 11 is 0. The van der Waals surface area contributed by atoms with E-state index in [0.717, 1.165) is 64.2 Å². The summed E-state index contributed by atoms with van der Waals surface area (Å²) in [5, 5.41) is 9.57. The molecular weight excluding hydrogens is 608 g/mol. The summed E-state index contributed by atoms with van der Waals surface area (Å²) in [7, 11) is 0. The normalized spacial score (nSPS) is 12.5. The average Bonchev–Trinajstić information content (AvgIpc) is 3.10. The van der Waals surface area contributed by atoms with E-state index in [9.17, 15) is 14.7 Å². The van der Waals surface area contributed by atoms with Gasteiger partial charge in [-0.25, -0.2) is 0 Å². The zero-order chi connectivity index (χ0) is 35.7. The van der Waals surface area contributed by atoms with Crippen molar-refractivity contribution in [3.05, 3.63) is 36.5 Å². The number of aliphatic hydroxyl groups is 1. The van der Waals surface area contributed by atoms with Gasteiger partial charge in [0.2, 0.25) is 0 Å². The number of ether oxygens (including phenoxy) is 2. The Bertz CT molecular complexity index is 786. The number of esters is 2. The second-order valence-electron chi connectivity index (χ2n) is 14.0. The number of carbonyl (C=O) groups excluding carboxylic acids is 2. The number of carbonyl (C=O) groups is 2. The van der Waals surface area contributed by atoms with Gasteiger partial charge < -0.3 is 14.6 Å². The van der Waals surface area contributed by atoms with Crippen LogP contribution in [-0.2, 0) is 19.1 Å². The van der Waals surface area contributed by atoms with E-state index in [-0.39, 0.29) is 25.2 Å². The van der Waals surface area contributed by atoms with Crippen molar-refractivity contribution in [2.75, 3.05) is 13.2 Å². The van der Waals surface area contributed by atoms with Crippen LogP contribution in [0.15, 0.2) is 36.5 Å². The Hall–Kier alpha value is -1.88. The first-order valence-corrected chi connectivity index (χ1v) is 21.0. The third-order valence-corrected chi connectivity index (χ3v) is 9.20. The maximum Gasteiger partial charge on any atom is 0.306 e. The minimum absolute atomic E-state index is 0.0668. The molecule has 49 heavy (non-hydrogen) atoms. The first kappa shape index (κ1) is 47.1. The number of rotatable bonds is 38. The second-order valence-corrected chi connectivity index (χ2v) is 14.0. The lowest BCUT2D eigenvalue weighted by Crippen LogP contribution is -2.28. The molecule has 0 aromatic heterocycles. The SMILES string of the molecule is CC/C=C\C/C=C\C/C=C\CCCCCCCCCC(=O)OC(CO)COC(=O)CCCCCCCCCCCCCCCCCCCC. The maximum absolute atomic E-state index is 12.2. The van der Waals surface area contributed by atoms with Crippen LogP contribution in [0, 0.1) is 0 Å². The van der Waals surface area contributed by atoms with Crippen molar-refractivity contribution in [2.24, 2.45) is 0 Å². The van der Waals surface area contributed by atoms with Crippen molar-refractivity contribution in [1.29, 1.82) is 0 Å². The second kappa shape index (κ2) is 40.5. The predicted octanol–water partition coefficient (Wildman–Crippen LogP) is 13.2. The molecule has 0 aliphatic carbocycles. The fraction of sp³-hybridized carbons (Fsp3) is 0.818. The smallest absolute Gasteiger partial charge is 0.306 e. The summed E-state index contributed by atoms with van der Waals surface area (Å²) in [6.45, 7) is 4.04. The van der Waals surface area contributed by atoms with Gasteiger partial charge >= 0.3 is 11.9 Å². The molecule has 5 nitrogen and oxygen atoms in total. The van der Waals surface area contributed by atoms with E-state index in [1.807, 2.05) is 0 Å². The molecule has 0 saturated heterocycles. The molecule has 1 N–H and O–H groups in total. The van der Waals surface area contributed by atoms with Gasteiger partial charge in [0.05, 0.1) is 6.61 Å². The molecule has 5 heteroatoms. The van der Waals surface area contributed by atoms with Gasteiger partial charge in [0, 0.05) is 12.8 Å². The molecule has 0 aliphatic heterocycles. The Morgan fingerprint density at radius 2 is 0.878 bits per heavy atom. The Balaban J connectivity index is 3.52. The van der Waals surface area contributed by atoms with E-state index in [1.165, 1.54) is 122 Å². The Morgan fingerprint density at radius 3 is 1.33 bits per heavy atom. The first-order chi connectivity index (χ1) is 24.1. The first-order valence-electron chi connectivity index (χ1n) is 21.0. The molecule has 0 radical (unpaired) electrons. The van der Waals surface area contributed by atoms with E-state index in [2.05, 4.69) is 50.3 Å². The van der Waals surface area contributed by atoms with E-state index < -0.39 is 6.10 Å². The molecule has 0 heterocycles. The average molecular weight is 689 g/mol. The molecule has 1 atom stereocenters. The number of hydrogen-bond donors (Lipinski definition) is 1. The van der Waals surface area contributed by atoms with Gasteiger partial charge in [0.15, 0.2) is 6.10 Å². The van der Waals surface area contributed by atoms with Gasteiger partial charge in [0.25, 0.3) is 0 Å². The molecule has 0 rings (SSSR count). The molecule has 0 saturated carbocycles. The molecule has 0 fully saturated rings. The van der Waals surface area contributed by atoms with Crippen molar-refractivity contribution < 1.29 is 24.2 Å². The van der Waals surface area contributed by atoms with Crippen LogP contribution in [0.25, 0.3) is 0 Å². The van der Waals surface area contributed by atoms with Crippen molar-refractivity contribution in [1.82, 2.24) is 0 Å². The van der Waals surface area contributed by atoms with E-state index in [0.29, 0.717) is 12.8 Å². The number of aliphatic hydroxyl groups excluding tert-OH is 1. The van der Waals surface area contributed by atoms with Crippen molar-refractivity contribution in [2.45, 2.75) is 219 Å². The van der Waals surface area contributed by atoms with Gasteiger partial charge in [-0.1, -0.05) is 192 Å². The van der Waals surface area contributed by atoms with Gasteiger partial charge in [-0.2, -0.15) is 0 Å². The number of unbranched alkanes of at least 4 members (excludes halogenated alkanes) is 24. The Labute approximate surface area is 304 Å². The van der Waals surface area contributed by atoms with Crippen LogP contribution >= 0.6 is 0 Å². The molecule has 0 aliphatic rings. The van der Waals surface area contributed by atoms with Gasteiger partial charge in [-0.3, -0.25) is 9.59 Å². The molecule has 1 unspecified atom stereocenters. The Morgan fingerprint density at radius 1 is 0.490 bits per heavy atom. The predicted molar refractivity (Wildman–Crippen MR) is 210 cm³/mol. The number of hydrogen-bond acceptors (Lipinski definition) is 5. The monoisotopic (exact) mass is 689 g/mol. The van der Waals surface area contributed by atoms with Crippen LogP contribution in [-0.4, -0.2) is 36.4 Å². The largest absolute Gasteiger partial charge is 0.462 e. The highest BCUT2D eigenvalue weighted by molar-refractivity contribution is 5.70. The third kappa shape index (κ3) is 38.8. The van der Waals surface area contributed by atoms with E-state index in [1.54, 1.807) is 0 Å². The minimum atomic E-state index is -0.773. The summed E-state index contributed by atoms with van der Waals surface area (Å²) in [6, 6.07) is 0. The van der Waals surface area contributed by atoms with Crippen LogP contribution in [0.2, 0.25) is 0 Å². The molecule has 0 amide bonds. The zero-order valence-corrected chi connectivity index (χ0v) is 32.5. The summed E-state index contributed by atoms with van der Waals surface area (Å²) in [5.41, 5.74) is 0. The maximum atomic E-state index is 12.2. The Kier molecular flexibility index (Phi) is 39.0. The van der Waals surface area contributed by atoms with E-state index >= 15 is 0 Å². The van der Waals surface area contributed by atoms with Gasteiger partial charge in [0.1, 0.15) is 6.61 Å². The topological polar surface area (TPSA) is 72.8 Å². The highest BCUT2D eigenvalue weighted by atomic mass is 16.6. The van der Waals surface area contributed by atoms with Crippen LogP contribution < -0.4 is 0 Å². The van der Waals surface area contributed by atoms with Crippen LogP contribution in [0.4, 0.5) is 0 Å². The van der Waals surface area contributed by atoms with Gasteiger partial charge in [-0.15, -0.1) is 0 Å². The van der Waals surface area contributed by atoms with Crippen LogP contribution in [0.1, 0.15) is 213 Å². The third-order valence-electron chi connectivity index (χ3n) is 9.20. The molecule has 0 aromatic carbocycles. The zero-order valence-electron chi connectivity index (χ0n) is 32.5. The molecule has 0 spiro atoms. The standard InChI is InChI=1S/C44H80O5/c1-3-5-7-9-11-13-15-17-19-21-23-24-26-28-30-32-34-36-38-43(46)48-41-42(40-45)49-44(47)39-37-35-33-31-29-27-25-22-20-18-16-14-12-10-8-6-4-2/h6,8,12,14,18,20,42,45H,3-5,7,9-11,13,15-17,19,21-41H2,1-2H3/b8-6-,14-12-,20-18-.